The maximum atomic E-state index is 12.6. The number of nitrogens with zero attached hydrogens (tertiary/aromatic N) is 1. The lowest BCUT2D eigenvalue weighted by molar-refractivity contribution is -0.136. The summed E-state index contributed by atoms with van der Waals surface area (Å²) in [5.41, 5.74) is 6.52. The van der Waals surface area contributed by atoms with E-state index in [0.29, 0.717) is 18.2 Å². The van der Waals surface area contributed by atoms with Crippen LogP contribution < -0.4 is 5.32 Å². The van der Waals surface area contributed by atoms with Crippen LogP contribution in [0.1, 0.15) is 59.7 Å². The van der Waals surface area contributed by atoms with E-state index in [1.165, 1.54) is 11.1 Å². The minimum atomic E-state index is -0.778. The van der Waals surface area contributed by atoms with Gasteiger partial charge in [-0.05, 0) is 91.6 Å². The first-order valence-corrected chi connectivity index (χ1v) is 13.5. The van der Waals surface area contributed by atoms with E-state index in [9.17, 15) is 9.59 Å². The van der Waals surface area contributed by atoms with E-state index in [-0.39, 0.29) is 12.3 Å². The number of hydrogen-bond donors (Lipinski definition) is 2. The van der Waals surface area contributed by atoms with Gasteiger partial charge in [0.15, 0.2) is 0 Å². The van der Waals surface area contributed by atoms with Gasteiger partial charge in [-0.15, -0.1) is 0 Å². The molecule has 0 spiro atoms. The largest absolute Gasteiger partial charge is 0.481 e. The Balaban J connectivity index is 1.22. The number of hydrogen-bond acceptors (Lipinski definition) is 3. The Labute approximate surface area is 220 Å². The van der Waals surface area contributed by atoms with Gasteiger partial charge in [-0.2, -0.15) is 0 Å². The summed E-state index contributed by atoms with van der Waals surface area (Å²) < 4.78 is 0. The lowest BCUT2D eigenvalue weighted by atomic mass is 9.86. The second-order valence-corrected chi connectivity index (χ2v) is 10.0. The van der Waals surface area contributed by atoms with Crippen LogP contribution in [0.4, 0.5) is 0 Å². The summed E-state index contributed by atoms with van der Waals surface area (Å²) in [4.78, 5) is 26.2. The zero-order valence-electron chi connectivity index (χ0n) is 21.8. The quantitative estimate of drug-likeness (QED) is 0.312. The molecule has 2 N–H and O–H groups in total. The van der Waals surface area contributed by atoms with Crippen LogP contribution in [0.5, 0.6) is 0 Å². The van der Waals surface area contributed by atoms with Crippen LogP contribution >= 0.6 is 0 Å². The van der Waals surface area contributed by atoms with Gasteiger partial charge < -0.3 is 15.3 Å². The number of nitrogens with one attached hydrogen (secondary N) is 1. The number of fused-ring (bicyclic) bond motifs is 1. The number of unbranched alkanes of at least 4 members (excludes halogenated alkanes) is 1. The van der Waals surface area contributed by atoms with E-state index >= 15 is 0 Å². The Bertz CT molecular complexity index is 1170. The van der Waals surface area contributed by atoms with Gasteiger partial charge in [-0.25, -0.2) is 0 Å². The number of aryl methyl sites for hydroxylation is 1. The van der Waals surface area contributed by atoms with Crippen LogP contribution in [0, 0.1) is 0 Å². The molecule has 0 aromatic heterocycles. The van der Waals surface area contributed by atoms with E-state index in [4.69, 9.17) is 5.11 Å². The van der Waals surface area contributed by atoms with Crippen LogP contribution in [-0.2, 0) is 24.1 Å². The molecule has 5 heteroatoms. The van der Waals surface area contributed by atoms with Gasteiger partial charge in [0.1, 0.15) is 0 Å². The van der Waals surface area contributed by atoms with Crippen molar-refractivity contribution in [1.29, 1.82) is 0 Å². The minimum absolute atomic E-state index is 0.0174. The van der Waals surface area contributed by atoms with Gasteiger partial charge >= 0.3 is 5.97 Å². The van der Waals surface area contributed by atoms with Crippen LogP contribution in [0.2, 0.25) is 0 Å². The van der Waals surface area contributed by atoms with Crippen LogP contribution in [0.25, 0.3) is 11.1 Å². The fourth-order valence-corrected chi connectivity index (χ4v) is 5.34. The third kappa shape index (κ3) is 7.53. The van der Waals surface area contributed by atoms with Crippen molar-refractivity contribution in [2.45, 2.75) is 57.9 Å². The first-order chi connectivity index (χ1) is 18.0. The van der Waals surface area contributed by atoms with E-state index in [1.54, 1.807) is 0 Å². The molecule has 3 aromatic carbocycles. The molecular formula is C32H38N2O3. The Hall–Kier alpha value is -3.44. The molecule has 37 heavy (non-hydrogen) atoms. The summed E-state index contributed by atoms with van der Waals surface area (Å²) >= 11 is 0. The normalized spacial score (nSPS) is 14.8. The number of benzene rings is 3. The first-order valence-electron chi connectivity index (χ1n) is 13.5. The Morgan fingerprint density at radius 1 is 0.919 bits per heavy atom. The highest BCUT2D eigenvalue weighted by atomic mass is 16.4. The standard InChI is InChI=1S/C32H38N2O3/c1-2-19-34(30-17-16-28-21-24(22-31(35)36)10-11-29(28)23-30)20-7-6-18-33-32(37)27-14-12-26(13-15-27)25-8-4-3-5-9-25/h3-5,8-15,21,30H,2,6-7,16-20,22-23H2,1H3,(H,33,37)(H,35,36). The van der Waals surface area contributed by atoms with Gasteiger partial charge in [0.05, 0.1) is 6.42 Å². The summed E-state index contributed by atoms with van der Waals surface area (Å²) in [6.45, 7) is 5.02. The first kappa shape index (κ1) is 26.6. The molecule has 5 nitrogen and oxygen atoms in total. The molecule has 0 bridgehead atoms. The molecule has 0 saturated carbocycles. The lowest BCUT2D eigenvalue weighted by Gasteiger charge is -2.35. The highest BCUT2D eigenvalue weighted by Gasteiger charge is 2.24. The van der Waals surface area contributed by atoms with Crippen molar-refractivity contribution < 1.29 is 14.7 Å². The highest BCUT2D eigenvalue weighted by Crippen LogP contribution is 2.26. The number of aliphatic carboxylic acids is 1. The topological polar surface area (TPSA) is 69.6 Å². The average molecular weight is 499 g/mol. The predicted molar refractivity (Wildman–Crippen MR) is 149 cm³/mol. The second kappa shape index (κ2) is 13.2. The number of carboxylic acid groups (broad SMARTS) is 1. The SMILES string of the molecule is CCCN(CCCCNC(=O)c1ccc(-c2ccccc2)cc1)C1CCc2cc(CC(=O)O)ccc2C1. The van der Waals surface area contributed by atoms with Gasteiger partial charge in [0.25, 0.3) is 5.91 Å². The summed E-state index contributed by atoms with van der Waals surface area (Å²) in [5.74, 6) is -0.795. The smallest absolute Gasteiger partial charge is 0.307 e. The number of carbonyl (C=O) groups is 2. The van der Waals surface area contributed by atoms with Crippen molar-refractivity contribution in [3.05, 3.63) is 95.1 Å². The molecule has 1 amide bonds. The Morgan fingerprint density at radius 2 is 1.68 bits per heavy atom. The van der Waals surface area contributed by atoms with Crippen molar-refractivity contribution in [2.24, 2.45) is 0 Å². The average Bonchev–Trinajstić information content (AvgIpc) is 2.92. The van der Waals surface area contributed by atoms with Crippen molar-refractivity contribution in [2.75, 3.05) is 19.6 Å². The Morgan fingerprint density at radius 3 is 2.41 bits per heavy atom. The summed E-state index contributed by atoms with van der Waals surface area (Å²) in [7, 11) is 0. The number of amides is 1. The molecular weight excluding hydrogens is 460 g/mol. The fraction of sp³-hybridized carbons (Fsp3) is 0.375. The van der Waals surface area contributed by atoms with Crippen molar-refractivity contribution in [3.63, 3.8) is 0 Å². The fourth-order valence-electron chi connectivity index (χ4n) is 5.34. The number of carboxylic acids is 1. The van der Waals surface area contributed by atoms with E-state index in [2.05, 4.69) is 41.4 Å². The van der Waals surface area contributed by atoms with Gasteiger partial charge in [-0.1, -0.05) is 67.6 Å². The molecule has 0 aliphatic heterocycles. The molecule has 3 aromatic rings. The molecule has 0 saturated heterocycles. The molecule has 0 fully saturated rings. The van der Waals surface area contributed by atoms with Crippen molar-refractivity contribution in [1.82, 2.24) is 10.2 Å². The molecule has 1 atom stereocenters. The number of carbonyl (C=O) groups excluding carboxylic acids is 1. The summed E-state index contributed by atoms with van der Waals surface area (Å²) in [6, 6.07) is 24.7. The van der Waals surface area contributed by atoms with E-state index in [1.807, 2.05) is 48.5 Å². The van der Waals surface area contributed by atoms with Gasteiger partial charge in [-0.3, -0.25) is 9.59 Å². The van der Waals surface area contributed by atoms with Crippen LogP contribution in [-0.4, -0.2) is 47.6 Å². The van der Waals surface area contributed by atoms with Crippen LogP contribution in [0.3, 0.4) is 0 Å². The highest BCUT2D eigenvalue weighted by molar-refractivity contribution is 5.94. The monoisotopic (exact) mass is 498 g/mol. The third-order valence-electron chi connectivity index (χ3n) is 7.27. The maximum absolute atomic E-state index is 12.6. The predicted octanol–water partition coefficient (Wildman–Crippen LogP) is 5.76. The summed E-state index contributed by atoms with van der Waals surface area (Å²) in [6.07, 6.45) is 6.36. The number of rotatable bonds is 12. The zero-order valence-corrected chi connectivity index (χ0v) is 21.8. The van der Waals surface area contributed by atoms with Crippen molar-refractivity contribution in [3.8, 4) is 11.1 Å². The summed E-state index contributed by atoms with van der Waals surface area (Å²) in [5, 5.41) is 12.1. The molecule has 0 heterocycles. The molecule has 1 unspecified atom stereocenters. The molecule has 1 aliphatic rings. The van der Waals surface area contributed by atoms with Gasteiger partial charge in [0, 0.05) is 18.2 Å². The van der Waals surface area contributed by atoms with Gasteiger partial charge in [0.2, 0.25) is 0 Å². The minimum Gasteiger partial charge on any atom is -0.481 e. The van der Waals surface area contributed by atoms with Crippen molar-refractivity contribution >= 4 is 11.9 Å². The molecule has 4 rings (SSSR count). The Kier molecular flexibility index (Phi) is 9.50. The lowest BCUT2D eigenvalue weighted by Crippen LogP contribution is -2.40. The third-order valence-corrected chi connectivity index (χ3v) is 7.27. The second-order valence-electron chi connectivity index (χ2n) is 10.0. The van der Waals surface area contributed by atoms with Crippen LogP contribution in [0.15, 0.2) is 72.8 Å². The van der Waals surface area contributed by atoms with E-state index in [0.717, 1.165) is 68.3 Å². The van der Waals surface area contributed by atoms with E-state index < -0.39 is 5.97 Å². The molecule has 1 aliphatic carbocycles. The molecule has 194 valence electrons. The maximum Gasteiger partial charge on any atom is 0.307 e. The molecule has 0 radical (unpaired) electrons. The zero-order chi connectivity index (χ0) is 26.0.